The second-order valence-corrected chi connectivity index (χ2v) is 7.08. The Hall–Kier alpha value is -2.98. The SMILES string of the molecule is CN(C)[C@H](CNC(=O)Cc1ccc(-c2ccccc2)cc1)c1cccc(F)c1. The van der Waals surface area contributed by atoms with Crippen LogP contribution in [0.5, 0.6) is 0 Å². The molecule has 28 heavy (non-hydrogen) atoms. The second kappa shape index (κ2) is 9.29. The number of nitrogens with zero attached hydrogens (tertiary/aromatic N) is 1. The maximum atomic E-state index is 13.5. The Morgan fingerprint density at radius 3 is 2.25 bits per heavy atom. The molecule has 144 valence electrons. The number of nitrogens with one attached hydrogen (secondary N) is 1. The van der Waals surface area contributed by atoms with Crippen LogP contribution in [-0.4, -0.2) is 31.4 Å². The lowest BCUT2D eigenvalue weighted by atomic mass is 10.0. The Labute approximate surface area is 165 Å². The topological polar surface area (TPSA) is 32.3 Å². The van der Waals surface area contributed by atoms with Gasteiger partial charge in [-0.3, -0.25) is 4.79 Å². The number of hydrogen-bond donors (Lipinski definition) is 1. The predicted molar refractivity (Wildman–Crippen MR) is 111 cm³/mol. The number of carbonyl (C=O) groups excluding carboxylic acids is 1. The Morgan fingerprint density at radius 1 is 0.929 bits per heavy atom. The number of amides is 1. The van der Waals surface area contributed by atoms with Gasteiger partial charge in [-0.05, 0) is 48.5 Å². The van der Waals surface area contributed by atoms with Crippen LogP contribution in [0.3, 0.4) is 0 Å². The lowest BCUT2D eigenvalue weighted by Crippen LogP contribution is -2.35. The van der Waals surface area contributed by atoms with E-state index in [0.717, 1.165) is 22.3 Å². The van der Waals surface area contributed by atoms with E-state index in [2.05, 4.69) is 17.4 Å². The van der Waals surface area contributed by atoms with Gasteiger partial charge in [-0.15, -0.1) is 0 Å². The fourth-order valence-electron chi connectivity index (χ4n) is 3.22. The monoisotopic (exact) mass is 376 g/mol. The van der Waals surface area contributed by atoms with Gasteiger partial charge in [0, 0.05) is 6.54 Å². The number of rotatable bonds is 7. The average molecular weight is 376 g/mol. The first-order chi connectivity index (χ1) is 13.5. The van der Waals surface area contributed by atoms with Crippen LogP contribution >= 0.6 is 0 Å². The van der Waals surface area contributed by atoms with Crippen LogP contribution < -0.4 is 5.32 Å². The zero-order valence-electron chi connectivity index (χ0n) is 16.2. The molecule has 1 N–H and O–H groups in total. The van der Waals surface area contributed by atoms with Gasteiger partial charge in [0.25, 0.3) is 0 Å². The molecule has 0 spiro atoms. The van der Waals surface area contributed by atoms with Gasteiger partial charge in [0.05, 0.1) is 12.5 Å². The van der Waals surface area contributed by atoms with Crippen molar-refractivity contribution in [1.82, 2.24) is 10.2 Å². The first kappa shape index (κ1) is 19.8. The van der Waals surface area contributed by atoms with E-state index < -0.39 is 0 Å². The van der Waals surface area contributed by atoms with Gasteiger partial charge < -0.3 is 10.2 Å². The average Bonchev–Trinajstić information content (AvgIpc) is 2.69. The fraction of sp³-hybridized carbons (Fsp3) is 0.208. The molecule has 0 aliphatic heterocycles. The van der Waals surface area contributed by atoms with Gasteiger partial charge in [-0.1, -0.05) is 66.7 Å². The Bertz CT molecular complexity index is 907. The molecular weight excluding hydrogens is 351 g/mol. The molecule has 0 fully saturated rings. The van der Waals surface area contributed by atoms with Crippen molar-refractivity contribution in [3.05, 3.63) is 95.8 Å². The number of likely N-dealkylation sites (N-methyl/N-ethyl adjacent to an activating group) is 1. The standard InChI is InChI=1S/C24H25FN2O/c1-27(2)23(21-9-6-10-22(25)16-21)17-26-24(28)15-18-11-13-20(14-12-18)19-7-4-3-5-8-19/h3-14,16,23H,15,17H2,1-2H3,(H,26,28)/t23-/m1/s1. The first-order valence-electron chi connectivity index (χ1n) is 9.36. The van der Waals surface area contributed by atoms with E-state index in [-0.39, 0.29) is 17.8 Å². The highest BCUT2D eigenvalue weighted by Gasteiger charge is 2.16. The van der Waals surface area contributed by atoms with Crippen molar-refractivity contribution in [3.63, 3.8) is 0 Å². The summed E-state index contributed by atoms with van der Waals surface area (Å²) in [5.41, 5.74) is 4.09. The molecule has 3 aromatic rings. The quantitative estimate of drug-likeness (QED) is 0.661. The summed E-state index contributed by atoms with van der Waals surface area (Å²) in [4.78, 5) is 14.4. The van der Waals surface area contributed by atoms with Crippen LogP contribution in [0.1, 0.15) is 17.2 Å². The van der Waals surface area contributed by atoms with E-state index in [4.69, 9.17) is 0 Å². The molecule has 3 nitrogen and oxygen atoms in total. The minimum Gasteiger partial charge on any atom is -0.354 e. The summed E-state index contributed by atoms with van der Waals surface area (Å²) >= 11 is 0. The summed E-state index contributed by atoms with van der Waals surface area (Å²) in [6, 6.07) is 24.6. The van der Waals surface area contributed by atoms with Crippen LogP contribution in [0.25, 0.3) is 11.1 Å². The molecule has 0 aliphatic rings. The van der Waals surface area contributed by atoms with Crippen molar-refractivity contribution < 1.29 is 9.18 Å². The van der Waals surface area contributed by atoms with Crippen LogP contribution in [0, 0.1) is 5.82 Å². The molecule has 0 heterocycles. The lowest BCUT2D eigenvalue weighted by molar-refractivity contribution is -0.120. The number of carbonyl (C=O) groups is 1. The van der Waals surface area contributed by atoms with Gasteiger partial charge in [-0.2, -0.15) is 0 Å². The van der Waals surface area contributed by atoms with Crippen molar-refractivity contribution in [2.24, 2.45) is 0 Å². The molecule has 0 radical (unpaired) electrons. The van der Waals surface area contributed by atoms with Gasteiger partial charge in [-0.25, -0.2) is 4.39 Å². The van der Waals surface area contributed by atoms with Crippen molar-refractivity contribution in [3.8, 4) is 11.1 Å². The van der Waals surface area contributed by atoms with Gasteiger partial charge >= 0.3 is 0 Å². The minimum absolute atomic E-state index is 0.0456. The molecular formula is C24H25FN2O. The number of hydrogen-bond acceptors (Lipinski definition) is 2. The maximum absolute atomic E-state index is 13.5. The summed E-state index contributed by atoms with van der Waals surface area (Å²) in [5, 5.41) is 2.97. The van der Waals surface area contributed by atoms with Crippen LogP contribution in [-0.2, 0) is 11.2 Å². The molecule has 4 heteroatoms. The predicted octanol–water partition coefficient (Wildman–Crippen LogP) is 4.45. The summed E-state index contributed by atoms with van der Waals surface area (Å²) in [5.74, 6) is -0.315. The van der Waals surface area contributed by atoms with Crippen molar-refractivity contribution in [2.75, 3.05) is 20.6 Å². The van der Waals surface area contributed by atoms with Crippen molar-refractivity contribution >= 4 is 5.91 Å². The normalized spacial score (nSPS) is 12.0. The number of halogens is 1. The molecule has 0 unspecified atom stereocenters. The summed E-state index contributed by atoms with van der Waals surface area (Å²) in [7, 11) is 3.84. The molecule has 0 aromatic heterocycles. The highest BCUT2D eigenvalue weighted by Crippen LogP contribution is 2.20. The Morgan fingerprint density at radius 2 is 1.61 bits per heavy atom. The summed E-state index contributed by atoms with van der Waals surface area (Å²) in [6.07, 6.45) is 0.318. The molecule has 1 atom stereocenters. The zero-order chi connectivity index (χ0) is 19.9. The summed E-state index contributed by atoms with van der Waals surface area (Å²) in [6.45, 7) is 0.428. The third kappa shape index (κ3) is 5.27. The van der Waals surface area contributed by atoms with Crippen LogP contribution in [0.2, 0.25) is 0 Å². The highest BCUT2D eigenvalue weighted by atomic mass is 19.1. The van der Waals surface area contributed by atoms with E-state index in [1.54, 1.807) is 6.07 Å². The number of benzene rings is 3. The second-order valence-electron chi connectivity index (χ2n) is 7.08. The molecule has 0 saturated heterocycles. The largest absolute Gasteiger partial charge is 0.354 e. The molecule has 1 amide bonds. The fourth-order valence-corrected chi connectivity index (χ4v) is 3.22. The van der Waals surface area contributed by atoms with E-state index in [9.17, 15) is 9.18 Å². The van der Waals surface area contributed by atoms with E-state index in [1.165, 1.54) is 12.1 Å². The van der Waals surface area contributed by atoms with Gasteiger partial charge in [0.1, 0.15) is 5.82 Å². The maximum Gasteiger partial charge on any atom is 0.224 e. The first-order valence-corrected chi connectivity index (χ1v) is 9.36. The minimum atomic E-state index is -0.269. The smallest absolute Gasteiger partial charge is 0.224 e. The van der Waals surface area contributed by atoms with Crippen LogP contribution in [0.15, 0.2) is 78.9 Å². The lowest BCUT2D eigenvalue weighted by Gasteiger charge is -2.25. The molecule has 3 rings (SSSR count). The van der Waals surface area contributed by atoms with Gasteiger partial charge in [0.2, 0.25) is 5.91 Å². The highest BCUT2D eigenvalue weighted by molar-refractivity contribution is 5.79. The Balaban J connectivity index is 1.59. The van der Waals surface area contributed by atoms with E-state index >= 15 is 0 Å². The molecule has 0 aliphatic carbocycles. The summed E-state index contributed by atoms with van der Waals surface area (Å²) < 4.78 is 13.5. The van der Waals surface area contributed by atoms with E-state index in [1.807, 2.05) is 67.5 Å². The third-order valence-corrected chi connectivity index (χ3v) is 4.78. The third-order valence-electron chi connectivity index (χ3n) is 4.78. The Kier molecular flexibility index (Phi) is 6.56. The zero-order valence-corrected chi connectivity index (χ0v) is 16.2. The van der Waals surface area contributed by atoms with Crippen molar-refractivity contribution in [1.29, 1.82) is 0 Å². The van der Waals surface area contributed by atoms with Crippen molar-refractivity contribution in [2.45, 2.75) is 12.5 Å². The van der Waals surface area contributed by atoms with Gasteiger partial charge in [0.15, 0.2) is 0 Å². The molecule has 0 bridgehead atoms. The molecule has 3 aromatic carbocycles. The van der Waals surface area contributed by atoms with Crippen LogP contribution in [0.4, 0.5) is 4.39 Å². The molecule has 0 saturated carbocycles. The van der Waals surface area contributed by atoms with E-state index in [0.29, 0.717) is 13.0 Å².